The normalized spacial score (nSPS) is 11.1. The molecule has 0 unspecified atom stereocenters. The number of carbonyl (C=O) groups is 1. The number of hydrogen-bond donors (Lipinski definition) is 2. The van der Waals surface area contributed by atoms with Gasteiger partial charge < -0.3 is 5.32 Å². The van der Waals surface area contributed by atoms with Gasteiger partial charge in [-0.15, -0.1) is 0 Å². The number of aromatic nitrogens is 2. The van der Waals surface area contributed by atoms with Crippen LogP contribution in [-0.2, 0) is 10.0 Å². The van der Waals surface area contributed by atoms with Gasteiger partial charge in [-0.2, -0.15) is 5.10 Å². The van der Waals surface area contributed by atoms with Gasteiger partial charge in [-0.25, -0.2) is 13.1 Å². The summed E-state index contributed by atoms with van der Waals surface area (Å²) in [7, 11) is -3.33. The van der Waals surface area contributed by atoms with Crippen LogP contribution in [0.3, 0.4) is 0 Å². The van der Waals surface area contributed by atoms with Crippen LogP contribution in [0.5, 0.6) is 0 Å². The van der Waals surface area contributed by atoms with Gasteiger partial charge in [0.15, 0.2) is 0 Å². The maximum absolute atomic E-state index is 12.6. The van der Waals surface area contributed by atoms with E-state index in [2.05, 4.69) is 15.1 Å². The fraction of sp³-hybridized carbons (Fsp3) is 0.0588. The number of para-hydroxylation sites is 1. The van der Waals surface area contributed by atoms with Crippen LogP contribution >= 0.6 is 0 Å². The molecule has 0 spiro atoms. The van der Waals surface area contributed by atoms with Crippen molar-refractivity contribution in [2.24, 2.45) is 0 Å². The number of hydrogen-bond acceptors (Lipinski definition) is 4. The molecule has 3 aromatic rings. The summed E-state index contributed by atoms with van der Waals surface area (Å²) >= 11 is 0. The van der Waals surface area contributed by atoms with E-state index in [4.69, 9.17) is 0 Å². The standard InChI is InChI=1S/C17H16N4O3S/c1-25(23,24)20-14-9-7-13(8-10-14)19-17(22)15-5-2-3-6-16(15)21-12-4-11-18-21/h2-12,20H,1H3,(H,19,22). The summed E-state index contributed by atoms with van der Waals surface area (Å²) in [5, 5.41) is 6.95. The lowest BCUT2D eigenvalue weighted by Gasteiger charge is -2.11. The highest BCUT2D eigenvalue weighted by Crippen LogP contribution is 2.18. The van der Waals surface area contributed by atoms with Crippen molar-refractivity contribution < 1.29 is 13.2 Å². The molecule has 0 aliphatic rings. The number of amides is 1. The first-order chi connectivity index (χ1) is 11.9. The van der Waals surface area contributed by atoms with E-state index in [1.165, 1.54) is 0 Å². The molecular formula is C17H16N4O3S. The van der Waals surface area contributed by atoms with E-state index < -0.39 is 10.0 Å². The summed E-state index contributed by atoms with van der Waals surface area (Å²) in [5.41, 5.74) is 2.13. The zero-order valence-corrected chi connectivity index (χ0v) is 14.2. The summed E-state index contributed by atoms with van der Waals surface area (Å²) in [6.45, 7) is 0. The molecule has 0 bridgehead atoms. The Labute approximate surface area is 145 Å². The van der Waals surface area contributed by atoms with Crippen LogP contribution < -0.4 is 10.0 Å². The van der Waals surface area contributed by atoms with E-state index in [1.807, 2.05) is 6.07 Å². The van der Waals surface area contributed by atoms with Crippen LogP contribution in [0.1, 0.15) is 10.4 Å². The molecule has 0 aliphatic heterocycles. The third-order valence-corrected chi connectivity index (χ3v) is 3.95. The van der Waals surface area contributed by atoms with Gasteiger partial charge in [0.25, 0.3) is 5.91 Å². The Bertz CT molecular complexity index is 981. The molecule has 25 heavy (non-hydrogen) atoms. The smallest absolute Gasteiger partial charge is 0.257 e. The van der Waals surface area contributed by atoms with Gasteiger partial charge in [0, 0.05) is 23.8 Å². The lowest BCUT2D eigenvalue weighted by molar-refractivity contribution is 0.102. The predicted octanol–water partition coefficient (Wildman–Crippen LogP) is 2.50. The van der Waals surface area contributed by atoms with Gasteiger partial charge in [0.2, 0.25) is 10.0 Å². The average molecular weight is 356 g/mol. The summed E-state index contributed by atoms with van der Waals surface area (Å²) < 4.78 is 26.4. The first-order valence-electron chi connectivity index (χ1n) is 7.41. The number of carbonyl (C=O) groups excluding carboxylic acids is 1. The van der Waals surface area contributed by atoms with Crippen molar-refractivity contribution in [1.29, 1.82) is 0 Å². The highest BCUT2D eigenvalue weighted by molar-refractivity contribution is 7.92. The maximum atomic E-state index is 12.6. The van der Waals surface area contributed by atoms with Crippen molar-refractivity contribution >= 4 is 27.3 Å². The Morgan fingerprint density at radius 2 is 1.68 bits per heavy atom. The highest BCUT2D eigenvalue weighted by Gasteiger charge is 2.13. The molecule has 0 fully saturated rings. The van der Waals surface area contributed by atoms with Gasteiger partial charge in [0.05, 0.1) is 17.5 Å². The fourth-order valence-corrected chi connectivity index (χ4v) is 2.88. The second-order valence-corrected chi connectivity index (χ2v) is 7.12. The quantitative estimate of drug-likeness (QED) is 0.734. The third-order valence-electron chi connectivity index (χ3n) is 3.35. The van der Waals surface area contributed by atoms with E-state index in [0.29, 0.717) is 22.6 Å². The topological polar surface area (TPSA) is 93.1 Å². The van der Waals surface area contributed by atoms with Gasteiger partial charge in [-0.05, 0) is 42.5 Å². The molecule has 2 aromatic carbocycles. The number of nitrogens with zero attached hydrogens (tertiary/aromatic N) is 2. The van der Waals surface area contributed by atoms with Crippen molar-refractivity contribution in [2.45, 2.75) is 0 Å². The SMILES string of the molecule is CS(=O)(=O)Nc1ccc(NC(=O)c2ccccc2-n2cccn2)cc1. The number of nitrogens with one attached hydrogen (secondary N) is 2. The molecule has 0 saturated carbocycles. The van der Waals surface area contributed by atoms with Crippen molar-refractivity contribution in [3.8, 4) is 5.69 Å². The summed E-state index contributed by atoms with van der Waals surface area (Å²) in [4.78, 5) is 12.6. The fourth-order valence-electron chi connectivity index (χ4n) is 2.31. The Morgan fingerprint density at radius 3 is 2.32 bits per heavy atom. The molecule has 0 radical (unpaired) electrons. The minimum absolute atomic E-state index is 0.282. The largest absolute Gasteiger partial charge is 0.322 e. The zero-order valence-electron chi connectivity index (χ0n) is 13.4. The molecule has 1 amide bonds. The van der Waals surface area contributed by atoms with Crippen LogP contribution in [0.25, 0.3) is 5.69 Å². The molecule has 7 nitrogen and oxygen atoms in total. The Kier molecular flexibility index (Phi) is 4.53. The second kappa shape index (κ2) is 6.78. The third kappa shape index (κ3) is 4.24. The zero-order chi connectivity index (χ0) is 17.9. The van der Waals surface area contributed by atoms with Crippen LogP contribution in [0, 0.1) is 0 Å². The van der Waals surface area contributed by atoms with E-state index in [1.54, 1.807) is 65.6 Å². The maximum Gasteiger partial charge on any atom is 0.257 e. The lowest BCUT2D eigenvalue weighted by Crippen LogP contribution is -2.15. The van der Waals surface area contributed by atoms with Crippen LogP contribution in [0.2, 0.25) is 0 Å². The minimum atomic E-state index is -3.33. The van der Waals surface area contributed by atoms with Crippen molar-refractivity contribution in [1.82, 2.24) is 9.78 Å². The number of rotatable bonds is 5. The van der Waals surface area contributed by atoms with E-state index in [0.717, 1.165) is 6.26 Å². The van der Waals surface area contributed by atoms with Crippen molar-refractivity contribution in [2.75, 3.05) is 16.3 Å². The van der Waals surface area contributed by atoms with E-state index >= 15 is 0 Å². The lowest BCUT2D eigenvalue weighted by atomic mass is 10.1. The van der Waals surface area contributed by atoms with E-state index in [9.17, 15) is 13.2 Å². The second-order valence-electron chi connectivity index (χ2n) is 5.37. The Morgan fingerprint density at radius 1 is 1.00 bits per heavy atom. The molecule has 1 heterocycles. The molecule has 0 saturated heterocycles. The molecule has 128 valence electrons. The van der Waals surface area contributed by atoms with Gasteiger partial charge in [0.1, 0.15) is 0 Å². The van der Waals surface area contributed by atoms with Gasteiger partial charge >= 0.3 is 0 Å². The Hall–Kier alpha value is -3.13. The molecule has 3 rings (SSSR count). The van der Waals surface area contributed by atoms with Crippen LogP contribution in [-0.4, -0.2) is 30.4 Å². The number of sulfonamides is 1. The first kappa shape index (κ1) is 16.7. The van der Waals surface area contributed by atoms with Gasteiger partial charge in [-0.3, -0.25) is 9.52 Å². The molecule has 0 atom stereocenters. The highest BCUT2D eigenvalue weighted by atomic mass is 32.2. The van der Waals surface area contributed by atoms with Crippen molar-refractivity contribution in [3.63, 3.8) is 0 Å². The minimum Gasteiger partial charge on any atom is -0.322 e. The molecule has 8 heteroatoms. The monoisotopic (exact) mass is 356 g/mol. The number of benzene rings is 2. The first-order valence-corrected chi connectivity index (χ1v) is 9.30. The number of anilines is 2. The predicted molar refractivity (Wildman–Crippen MR) is 96.4 cm³/mol. The summed E-state index contributed by atoms with van der Waals surface area (Å²) in [6.07, 6.45) is 4.48. The van der Waals surface area contributed by atoms with Crippen LogP contribution in [0.15, 0.2) is 67.0 Å². The average Bonchev–Trinajstić information content (AvgIpc) is 3.10. The summed E-state index contributed by atoms with van der Waals surface area (Å²) in [5.74, 6) is -0.282. The molecule has 2 N–H and O–H groups in total. The molecule has 1 aromatic heterocycles. The molecular weight excluding hydrogens is 340 g/mol. The van der Waals surface area contributed by atoms with E-state index in [-0.39, 0.29) is 5.91 Å². The van der Waals surface area contributed by atoms with Gasteiger partial charge in [-0.1, -0.05) is 12.1 Å². The Balaban J connectivity index is 1.79. The van der Waals surface area contributed by atoms with Crippen molar-refractivity contribution in [3.05, 3.63) is 72.6 Å². The van der Waals surface area contributed by atoms with Crippen LogP contribution in [0.4, 0.5) is 11.4 Å². The summed E-state index contributed by atoms with van der Waals surface area (Å²) in [6, 6.07) is 15.3. The molecule has 0 aliphatic carbocycles.